The molecular weight excluding hydrogens is 405 g/mol. The second kappa shape index (κ2) is 7.43. The minimum Gasteiger partial charge on any atom is -0.387 e. The van der Waals surface area contributed by atoms with Crippen LogP contribution in [0.4, 0.5) is 4.39 Å². The molecule has 3 unspecified atom stereocenters. The fourth-order valence-corrected chi connectivity index (χ4v) is 4.78. The molecule has 2 rings (SSSR count). The van der Waals surface area contributed by atoms with Gasteiger partial charge in [-0.1, -0.05) is 0 Å². The highest BCUT2D eigenvalue weighted by Gasteiger charge is 2.45. The van der Waals surface area contributed by atoms with Gasteiger partial charge in [0.05, 0.1) is 12.8 Å². The number of rotatable bonds is 6. The van der Waals surface area contributed by atoms with E-state index in [0.717, 1.165) is 0 Å². The number of aliphatic hydroxyl groups excluding tert-OH is 2. The Balaban J connectivity index is 2.14. The number of halogens is 1. The summed E-state index contributed by atoms with van der Waals surface area (Å²) in [6.45, 7) is -0.872. The van der Waals surface area contributed by atoms with Crippen molar-refractivity contribution in [2.45, 2.75) is 24.5 Å². The number of ether oxygens (including phenoxy) is 1. The van der Waals surface area contributed by atoms with Crippen molar-refractivity contribution in [1.29, 1.82) is 0 Å². The van der Waals surface area contributed by atoms with Crippen molar-refractivity contribution in [3.63, 3.8) is 0 Å². The molecule has 148 valence electrons. The van der Waals surface area contributed by atoms with Crippen molar-refractivity contribution in [2.24, 2.45) is 0 Å². The lowest BCUT2D eigenvalue weighted by atomic mass is 10.1. The van der Waals surface area contributed by atoms with Crippen LogP contribution >= 0.6 is 15.2 Å². The highest BCUT2D eigenvalue weighted by molar-refractivity contribution is 7.70. The lowest BCUT2D eigenvalue weighted by Gasteiger charge is -2.18. The van der Waals surface area contributed by atoms with Crippen molar-refractivity contribution in [1.82, 2.24) is 9.55 Å². The van der Waals surface area contributed by atoms with Crippen molar-refractivity contribution in [3.8, 4) is 0 Å². The summed E-state index contributed by atoms with van der Waals surface area (Å²) in [6.07, 6.45) is -6.26. The van der Waals surface area contributed by atoms with Gasteiger partial charge in [-0.2, -0.15) is 4.39 Å². The Bertz CT molecular complexity index is 878. The van der Waals surface area contributed by atoms with Crippen molar-refractivity contribution in [2.75, 3.05) is 12.5 Å². The third-order valence-electron chi connectivity index (χ3n) is 3.34. The maximum Gasteiger partial charge on any atom is 0.340 e. The van der Waals surface area contributed by atoms with Gasteiger partial charge in [0.1, 0.15) is 18.3 Å². The number of aliphatic hydroxyl groups is 2. The average molecular weight is 420 g/mol. The molecule has 1 aromatic heterocycles. The highest BCUT2D eigenvalue weighted by Crippen LogP contribution is 2.55. The Hall–Kier alpha value is -1.21. The number of nitrogens with zero attached hydrogens (tertiary/aromatic N) is 1. The van der Waals surface area contributed by atoms with Crippen LogP contribution in [0.25, 0.3) is 0 Å². The molecule has 13 nitrogen and oxygen atoms in total. The van der Waals surface area contributed by atoms with Crippen LogP contribution in [0.15, 0.2) is 15.8 Å². The van der Waals surface area contributed by atoms with Crippen LogP contribution in [0.2, 0.25) is 0 Å². The van der Waals surface area contributed by atoms with Crippen LogP contribution in [0.3, 0.4) is 0 Å². The van der Waals surface area contributed by atoms with E-state index in [9.17, 15) is 38.2 Å². The van der Waals surface area contributed by atoms with E-state index in [1.165, 1.54) is 0 Å². The van der Waals surface area contributed by atoms with Gasteiger partial charge in [0.25, 0.3) is 5.56 Å². The Labute approximate surface area is 143 Å². The van der Waals surface area contributed by atoms with E-state index in [-0.39, 0.29) is 0 Å². The van der Waals surface area contributed by atoms with E-state index in [0.29, 0.717) is 10.8 Å². The van der Waals surface area contributed by atoms with E-state index in [2.05, 4.69) is 4.52 Å². The maximum atomic E-state index is 13.3. The molecule has 16 heteroatoms. The maximum absolute atomic E-state index is 13.3. The van der Waals surface area contributed by atoms with Crippen LogP contribution in [0.5, 0.6) is 0 Å². The number of nitrogens with one attached hydrogen (secondary N) is 1. The van der Waals surface area contributed by atoms with E-state index in [4.69, 9.17) is 14.5 Å². The third kappa shape index (κ3) is 4.94. The smallest absolute Gasteiger partial charge is 0.340 e. The Kier molecular flexibility index (Phi) is 6.03. The third-order valence-corrected chi connectivity index (χ3v) is 6.80. The first-order valence-electron chi connectivity index (χ1n) is 6.84. The highest BCUT2D eigenvalue weighted by atomic mass is 31.2. The summed E-state index contributed by atoms with van der Waals surface area (Å²) in [5, 5.41) is 19.8. The fraction of sp³-hybridized carbons (Fsp3) is 0.600. The summed E-state index contributed by atoms with van der Waals surface area (Å²) in [4.78, 5) is 51.0. The number of hydrogen-bond acceptors (Lipinski definition) is 8. The zero-order chi connectivity index (χ0) is 19.9. The van der Waals surface area contributed by atoms with Gasteiger partial charge >= 0.3 is 20.9 Å². The van der Waals surface area contributed by atoms with Crippen LogP contribution in [0.1, 0.15) is 6.23 Å². The standard InChI is InChI=1S/C10H15FN2O11P2/c11-4-1-13(10(17)12-8(4)16)9-7(15)6(14)5(24-9)2-23-26(21,22)3-25(18,19)20/h1,5-7,9,14-15H,2-3H2,(H,21,22)(H,12,16,17)(H2,18,19,20)/t5?,6-,7?,9+/m0/s1. The second-order valence-corrected chi connectivity index (χ2v) is 9.42. The first kappa shape index (κ1) is 21.1. The number of aromatic nitrogens is 2. The van der Waals surface area contributed by atoms with Gasteiger partial charge in [0, 0.05) is 0 Å². The zero-order valence-electron chi connectivity index (χ0n) is 12.7. The van der Waals surface area contributed by atoms with Gasteiger partial charge < -0.3 is 34.2 Å². The summed E-state index contributed by atoms with van der Waals surface area (Å²) in [5.74, 6) is -2.84. The first-order chi connectivity index (χ1) is 11.8. The minimum atomic E-state index is -4.86. The molecule has 0 bridgehead atoms. The van der Waals surface area contributed by atoms with Gasteiger partial charge in [0.2, 0.25) is 5.82 Å². The summed E-state index contributed by atoms with van der Waals surface area (Å²) in [6, 6.07) is 0. The van der Waals surface area contributed by atoms with E-state index < -0.39 is 69.3 Å². The minimum absolute atomic E-state index is 0.440. The molecule has 26 heavy (non-hydrogen) atoms. The summed E-state index contributed by atoms with van der Waals surface area (Å²) in [7, 11) is -9.60. The van der Waals surface area contributed by atoms with Crippen LogP contribution in [-0.2, 0) is 18.4 Å². The zero-order valence-corrected chi connectivity index (χ0v) is 14.5. The molecule has 5 atom stereocenters. The van der Waals surface area contributed by atoms with Crippen molar-refractivity contribution >= 4 is 15.2 Å². The average Bonchev–Trinajstić information content (AvgIpc) is 2.75. The number of H-pyrrole nitrogens is 1. The molecule has 0 amide bonds. The van der Waals surface area contributed by atoms with Crippen LogP contribution < -0.4 is 11.2 Å². The molecule has 1 aliphatic rings. The lowest BCUT2D eigenvalue weighted by molar-refractivity contribution is -0.0528. The first-order valence-corrected chi connectivity index (χ1v) is 10.4. The van der Waals surface area contributed by atoms with Crippen LogP contribution in [0, 0.1) is 5.82 Å². The van der Waals surface area contributed by atoms with Gasteiger partial charge in [-0.3, -0.25) is 23.5 Å². The van der Waals surface area contributed by atoms with Gasteiger partial charge in [0.15, 0.2) is 12.1 Å². The topological polar surface area (TPSA) is 209 Å². The fourth-order valence-electron chi connectivity index (χ4n) is 2.21. The molecule has 6 N–H and O–H groups in total. The molecule has 0 aromatic carbocycles. The molecule has 0 saturated carbocycles. The molecule has 1 fully saturated rings. The molecule has 1 aliphatic heterocycles. The molecule has 0 spiro atoms. The number of hydrogen-bond donors (Lipinski definition) is 6. The SMILES string of the molecule is O=c1[nH]c(=O)n([C@@H]2OC(COP(=O)(O)CP(=O)(O)O)[C@H](O)C2O)cc1F. The lowest BCUT2D eigenvalue weighted by Crippen LogP contribution is -2.38. The molecule has 1 aromatic rings. The molecule has 0 radical (unpaired) electrons. The Morgan fingerprint density at radius 3 is 2.42 bits per heavy atom. The quantitative estimate of drug-likeness (QED) is 0.268. The Morgan fingerprint density at radius 1 is 1.23 bits per heavy atom. The molecule has 2 heterocycles. The van der Waals surface area contributed by atoms with Gasteiger partial charge in [-0.25, -0.2) is 4.79 Å². The predicted molar refractivity (Wildman–Crippen MR) is 79.9 cm³/mol. The summed E-state index contributed by atoms with van der Waals surface area (Å²) >= 11 is 0. The molecule has 0 aliphatic carbocycles. The largest absolute Gasteiger partial charge is 0.387 e. The monoisotopic (exact) mass is 420 g/mol. The normalized spacial score (nSPS) is 28.8. The summed E-state index contributed by atoms with van der Waals surface area (Å²) in [5.41, 5.74) is -2.46. The number of aromatic amines is 1. The van der Waals surface area contributed by atoms with Gasteiger partial charge in [-0.15, -0.1) is 0 Å². The van der Waals surface area contributed by atoms with E-state index >= 15 is 0 Å². The Morgan fingerprint density at radius 2 is 1.85 bits per heavy atom. The van der Waals surface area contributed by atoms with Gasteiger partial charge in [-0.05, 0) is 0 Å². The molecule has 1 saturated heterocycles. The second-order valence-electron chi connectivity index (χ2n) is 5.43. The van der Waals surface area contributed by atoms with E-state index in [1.54, 1.807) is 4.98 Å². The predicted octanol–water partition coefficient (Wildman–Crippen LogP) is -2.37. The van der Waals surface area contributed by atoms with E-state index in [1.807, 2.05) is 0 Å². The summed E-state index contributed by atoms with van der Waals surface area (Å²) < 4.78 is 45.7. The molecular formula is C10H15FN2O11P2. The van der Waals surface area contributed by atoms with Crippen molar-refractivity contribution in [3.05, 3.63) is 32.9 Å². The van der Waals surface area contributed by atoms with Crippen molar-refractivity contribution < 1.29 is 47.7 Å². The van der Waals surface area contributed by atoms with Crippen LogP contribution in [-0.4, -0.2) is 65.3 Å².